The van der Waals surface area contributed by atoms with E-state index in [1.54, 1.807) is 0 Å². The van der Waals surface area contributed by atoms with Crippen LogP contribution in [0.2, 0.25) is 0 Å². The third-order valence-electron chi connectivity index (χ3n) is 8.36. The summed E-state index contributed by atoms with van der Waals surface area (Å²) < 4.78 is 10.2. The van der Waals surface area contributed by atoms with Gasteiger partial charge in [0.1, 0.15) is 0 Å². The van der Waals surface area contributed by atoms with Gasteiger partial charge in [-0.1, -0.05) is 158 Å². The zero-order chi connectivity index (χ0) is 28.2. The van der Waals surface area contributed by atoms with E-state index in [4.69, 9.17) is 0 Å². The van der Waals surface area contributed by atoms with E-state index in [2.05, 4.69) is 195 Å². The molecule has 6 heteroatoms. The molecule has 0 aromatic heterocycles. The first kappa shape index (κ1) is 26.4. The van der Waals surface area contributed by atoms with Gasteiger partial charge in [0.25, 0.3) is 8.40 Å². The molecule has 1 saturated heterocycles. The Morgan fingerprint density at radius 3 is 1.12 bits per heavy atom. The van der Waals surface area contributed by atoms with Gasteiger partial charge >= 0.3 is 8.40 Å². The summed E-state index contributed by atoms with van der Waals surface area (Å²) in [7, 11) is -6.80. The average molecular weight is 592 g/mol. The van der Waals surface area contributed by atoms with E-state index in [9.17, 15) is 0 Å². The summed E-state index contributed by atoms with van der Waals surface area (Å²) in [6, 6.07) is 67.4. The van der Waals surface area contributed by atoms with Crippen molar-refractivity contribution in [3.05, 3.63) is 182 Å². The zero-order valence-corrected chi connectivity index (χ0v) is 26.8. The maximum absolute atomic E-state index is 4.42. The largest absolute Gasteiger partial charge is 0.395 e. The average Bonchev–Trinajstić information content (AvgIpc) is 3.10. The maximum atomic E-state index is 4.42. The third-order valence-corrected chi connectivity index (χ3v) is 23.0. The van der Waals surface area contributed by atoms with Crippen LogP contribution >= 0.6 is 0 Å². The fraction of sp³-hybridized carbons (Fsp3) is 0. The topological polar surface area (TPSA) is 18.5 Å². The molecule has 0 atom stereocenters. The van der Waals surface area contributed by atoms with Gasteiger partial charge in [-0.25, -0.2) is 0 Å². The molecule has 7 rings (SSSR count). The van der Waals surface area contributed by atoms with Crippen LogP contribution in [-0.4, -0.2) is 26.6 Å². The Kier molecular flexibility index (Phi) is 7.19. The molecule has 0 aliphatic carbocycles. The Labute approximate surface area is 253 Å². The highest BCUT2D eigenvalue weighted by Crippen LogP contribution is 2.34. The van der Waals surface area contributed by atoms with Crippen molar-refractivity contribution in [1.82, 2.24) is 4.65 Å². The summed E-state index contributed by atoms with van der Waals surface area (Å²) in [5.74, 6) is 0. The molecule has 0 unspecified atom stereocenters. The Morgan fingerprint density at radius 1 is 0.381 bits per heavy atom. The molecule has 3 nitrogen and oxygen atoms in total. The smallest absolute Gasteiger partial charge is 0.317 e. The van der Waals surface area contributed by atoms with Gasteiger partial charge in [-0.2, -0.15) is 0 Å². The number of hydrogen-bond donors (Lipinski definition) is 1. The summed E-state index contributed by atoms with van der Waals surface area (Å²) in [5.41, 5.74) is 2.53. The first-order valence-corrected chi connectivity index (χ1v) is 19.7. The van der Waals surface area contributed by atoms with E-state index in [0.717, 1.165) is 0 Å². The van der Waals surface area contributed by atoms with Crippen LogP contribution in [0.1, 0.15) is 0 Å². The lowest BCUT2D eigenvalue weighted by molar-refractivity contribution is 1.23. The van der Waals surface area contributed by atoms with Gasteiger partial charge in [-0.3, -0.25) is 0 Å². The van der Waals surface area contributed by atoms with Gasteiger partial charge in [-0.15, -0.1) is 0 Å². The van der Waals surface area contributed by atoms with E-state index in [1.165, 1.54) is 32.1 Å². The molecule has 0 spiro atoms. The van der Waals surface area contributed by atoms with Crippen LogP contribution in [0.3, 0.4) is 0 Å². The molecule has 0 saturated carbocycles. The zero-order valence-electron chi connectivity index (χ0n) is 23.4. The number of rotatable bonds is 6. The predicted octanol–water partition coefficient (Wildman–Crippen LogP) is 4.11. The third kappa shape index (κ3) is 4.28. The predicted molar refractivity (Wildman–Crippen MR) is 185 cm³/mol. The number of benzene rings is 6. The van der Waals surface area contributed by atoms with Gasteiger partial charge in [0, 0.05) is 11.4 Å². The van der Waals surface area contributed by atoms with Gasteiger partial charge < -0.3 is 13.1 Å². The molecule has 1 aliphatic heterocycles. The summed E-state index contributed by atoms with van der Waals surface area (Å²) in [6.07, 6.45) is 0. The van der Waals surface area contributed by atoms with Gasteiger partial charge in [-0.05, 0) is 45.0 Å². The number of hydrogen-bond acceptors (Lipinski definition) is 3. The number of nitrogens with one attached hydrogen (secondary N) is 1. The standard InChI is InChI=1S/C36H33N3Si3/c1-7-19-31(20-8-1)38-40-37-41(33-23-11-3-12-24-33,34-25-13-4-14-26-34)39(32-21-9-2-10-22-32)42(38,35-27-15-5-16-28-35)36-29-17-6-18-30-36/h1-30,37H,40H2. The van der Waals surface area contributed by atoms with Crippen molar-refractivity contribution in [2.45, 2.75) is 0 Å². The summed E-state index contributed by atoms with van der Waals surface area (Å²) >= 11 is 0. The molecule has 42 heavy (non-hydrogen) atoms. The van der Waals surface area contributed by atoms with Gasteiger partial charge in [0.2, 0.25) is 0 Å². The molecule has 1 heterocycles. The summed E-state index contributed by atoms with van der Waals surface area (Å²) in [4.78, 5) is 0. The molecule has 1 aliphatic rings. The minimum Gasteiger partial charge on any atom is -0.395 e. The Bertz CT molecular complexity index is 1640. The molecular weight excluding hydrogens is 559 g/mol. The number of para-hydroxylation sites is 2. The van der Waals surface area contributed by atoms with Crippen LogP contribution in [0.25, 0.3) is 0 Å². The Hall–Kier alpha value is -4.47. The van der Waals surface area contributed by atoms with E-state index in [1.807, 2.05) is 0 Å². The second-order valence-electron chi connectivity index (χ2n) is 10.6. The lowest BCUT2D eigenvalue weighted by Crippen LogP contribution is -2.98. The fourth-order valence-electron chi connectivity index (χ4n) is 6.66. The molecule has 0 amide bonds. The first-order valence-electron chi connectivity index (χ1n) is 14.5. The van der Waals surface area contributed by atoms with Crippen LogP contribution in [0.5, 0.6) is 0 Å². The highest BCUT2D eigenvalue weighted by Gasteiger charge is 2.62. The number of nitrogens with zero attached hydrogens (tertiary/aromatic N) is 2. The van der Waals surface area contributed by atoms with Crippen LogP contribution in [0.15, 0.2) is 182 Å². The van der Waals surface area contributed by atoms with Gasteiger partial charge in [0.15, 0.2) is 9.84 Å². The van der Waals surface area contributed by atoms with Crippen molar-refractivity contribution in [1.29, 1.82) is 0 Å². The lowest BCUT2D eigenvalue weighted by Gasteiger charge is -2.62. The highest BCUT2D eigenvalue weighted by atomic mass is 28.5. The Morgan fingerprint density at radius 2 is 0.714 bits per heavy atom. The number of anilines is 2. The van der Waals surface area contributed by atoms with Crippen molar-refractivity contribution in [3.63, 3.8) is 0 Å². The van der Waals surface area contributed by atoms with Crippen LogP contribution in [-0.2, 0) is 0 Å². The van der Waals surface area contributed by atoms with E-state index in [-0.39, 0.29) is 0 Å². The first-order chi connectivity index (χ1) is 20.8. The summed E-state index contributed by atoms with van der Waals surface area (Å²) in [6.45, 7) is 0. The monoisotopic (exact) mass is 591 g/mol. The second kappa shape index (κ2) is 11.4. The minimum absolute atomic E-state index is 1.03. The van der Waals surface area contributed by atoms with Crippen molar-refractivity contribution < 1.29 is 0 Å². The van der Waals surface area contributed by atoms with E-state index < -0.39 is 26.6 Å². The molecule has 204 valence electrons. The highest BCUT2D eigenvalue weighted by molar-refractivity contribution is 7.27. The summed E-state index contributed by atoms with van der Waals surface area (Å²) in [5, 5.41) is 5.54. The fourth-order valence-corrected chi connectivity index (χ4v) is 25.8. The van der Waals surface area contributed by atoms with E-state index in [0.29, 0.717) is 0 Å². The lowest BCUT2D eigenvalue weighted by atomic mass is 10.3. The SMILES string of the molecule is c1ccc(N2[SiH2]N[Si](c3ccccc3)(c3ccccc3)N(c3ccccc3)[Si]2(c2ccccc2)c2ccccc2)cc1. The van der Waals surface area contributed by atoms with Crippen molar-refractivity contribution in [3.8, 4) is 0 Å². The van der Waals surface area contributed by atoms with Crippen molar-refractivity contribution >= 4 is 58.8 Å². The molecular formula is C36H33N3Si3. The van der Waals surface area contributed by atoms with Crippen LogP contribution < -0.4 is 33.9 Å². The van der Waals surface area contributed by atoms with Crippen LogP contribution in [0.4, 0.5) is 11.4 Å². The molecule has 1 N–H and O–H groups in total. The Balaban J connectivity index is 1.68. The molecule has 6 aromatic carbocycles. The van der Waals surface area contributed by atoms with E-state index >= 15 is 0 Å². The maximum Gasteiger partial charge on any atom is 0.317 e. The molecule has 6 aromatic rings. The van der Waals surface area contributed by atoms with Crippen LogP contribution in [0, 0.1) is 0 Å². The second-order valence-corrected chi connectivity index (χ2v) is 20.6. The molecule has 0 bridgehead atoms. The van der Waals surface area contributed by atoms with Crippen molar-refractivity contribution in [2.75, 3.05) is 8.46 Å². The normalized spacial score (nSPS) is 16.3. The minimum atomic E-state index is -2.95. The molecule has 1 fully saturated rings. The van der Waals surface area contributed by atoms with Gasteiger partial charge in [0.05, 0.1) is 0 Å². The quantitative estimate of drug-likeness (QED) is 0.294. The van der Waals surface area contributed by atoms with Crippen molar-refractivity contribution in [2.24, 2.45) is 0 Å². The molecule has 0 radical (unpaired) electrons.